The van der Waals surface area contributed by atoms with Gasteiger partial charge in [-0.05, 0) is 37.1 Å². The third-order valence-corrected chi connectivity index (χ3v) is 6.05. The maximum absolute atomic E-state index is 5.63. The molecule has 1 atom stereocenters. The van der Waals surface area contributed by atoms with Crippen LogP contribution >= 0.6 is 0 Å². The van der Waals surface area contributed by atoms with Crippen molar-refractivity contribution in [2.24, 2.45) is 0 Å². The van der Waals surface area contributed by atoms with Crippen LogP contribution in [0.25, 0.3) is 0 Å². The van der Waals surface area contributed by atoms with E-state index in [0.29, 0.717) is 12.0 Å². The van der Waals surface area contributed by atoms with E-state index in [9.17, 15) is 0 Å². The second-order valence-electron chi connectivity index (χ2n) is 8.47. The van der Waals surface area contributed by atoms with Gasteiger partial charge in [-0.25, -0.2) is 0 Å². The minimum atomic E-state index is 0.344. The fraction of sp³-hybridized carbons (Fsp3) is 0.609. The minimum Gasteiger partial charge on any atom is -0.496 e. The Morgan fingerprint density at radius 3 is 2.69 bits per heavy atom. The first-order valence-corrected chi connectivity index (χ1v) is 10.8. The van der Waals surface area contributed by atoms with Gasteiger partial charge < -0.3 is 14.0 Å². The smallest absolute Gasteiger partial charge is 0.139 e. The van der Waals surface area contributed by atoms with E-state index in [0.717, 1.165) is 69.6 Å². The highest BCUT2D eigenvalue weighted by atomic mass is 16.5. The fourth-order valence-corrected chi connectivity index (χ4v) is 4.37. The number of aromatic nitrogens is 1. The van der Waals surface area contributed by atoms with Crippen LogP contribution < -0.4 is 4.74 Å². The summed E-state index contributed by atoms with van der Waals surface area (Å²) in [5, 5.41) is 4.38. The number of nitrogens with zero attached hydrogens (tertiary/aromatic N) is 3. The summed E-state index contributed by atoms with van der Waals surface area (Å²) in [6, 6.07) is 9.11. The van der Waals surface area contributed by atoms with Crippen molar-refractivity contribution in [3.05, 3.63) is 46.8 Å². The predicted molar refractivity (Wildman–Crippen MR) is 112 cm³/mol. The lowest BCUT2D eigenvalue weighted by Crippen LogP contribution is -2.35. The molecule has 0 aliphatic carbocycles. The number of benzene rings is 1. The molecule has 3 heterocycles. The summed E-state index contributed by atoms with van der Waals surface area (Å²) in [6.45, 7) is 10.8. The summed E-state index contributed by atoms with van der Waals surface area (Å²) < 4.78 is 16.7. The second kappa shape index (κ2) is 9.28. The maximum Gasteiger partial charge on any atom is 0.139 e. The molecular weight excluding hydrogens is 366 g/mol. The monoisotopic (exact) mass is 399 g/mol. The molecule has 0 N–H and O–H groups in total. The Morgan fingerprint density at radius 1 is 1.14 bits per heavy atom. The lowest BCUT2D eigenvalue weighted by atomic mass is 10.1. The van der Waals surface area contributed by atoms with Crippen molar-refractivity contribution in [3.8, 4) is 5.75 Å². The number of methoxy groups -OCH3 is 1. The van der Waals surface area contributed by atoms with Crippen molar-refractivity contribution >= 4 is 0 Å². The quantitative estimate of drug-likeness (QED) is 0.702. The van der Waals surface area contributed by atoms with Gasteiger partial charge in [0.2, 0.25) is 0 Å². The van der Waals surface area contributed by atoms with Crippen molar-refractivity contribution in [1.29, 1.82) is 0 Å². The summed E-state index contributed by atoms with van der Waals surface area (Å²) in [7, 11) is 1.76. The van der Waals surface area contributed by atoms with Crippen LogP contribution in [0.5, 0.6) is 5.75 Å². The number of hydrogen-bond donors (Lipinski definition) is 0. The number of likely N-dealkylation sites (tertiary alicyclic amines) is 1. The Labute approximate surface area is 173 Å². The van der Waals surface area contributed by atoms with Crippen molar-refractivity contribution in [1.82, 2.24) is 15.0 Å². The molecule has 0 amide bonds. The van der Waals surface area contributed by atoms with Gasteiger partial charge in [0.05, 0.1) is 26.4 Å². The van der Waals surface area contributed by atoms with Crippen molar-refractivity contribution in [3.63, 3.8) is 0 Å². The summed E-state index contributed by atoms with van der Waals surface area (Å²) in [6.07, 6.45) is 2.34. The fourth-order valence-electron chi connectivity index (χ4n) is 4.37. The van der Waals surface area contributed by atoms with Gasteiger partial charge >= 0.3 is 0 Å². The molecule has 1 unspecified atom stereocenters. The molecule has 158 valence electrons. The molecule has 2 saturated heterocycles. The SMILES string of the molecule is COc1ccc(CN2CCCC2c2cc(C(C)C)on2)cc1CN1CCOCC1. The highest BCUT2D eigenvalue weighted by Gasteiger charge is 2.29. The zero-order chi connectivity index (χ0) is 20.2. The summed E-state index contributed by atoms with van der Waals surface area (Å²) >= 11 is 0. The van der Waals surface area contributed by atoms with E-state index in [-0.39, 0.29) is 0 Å². The molecule has 4 rings (SSSR count). The van der Waals surface area contributed by atoms with E-state index in [4.69, 9.17) is 14.0 Å². The molecule has 0 bridgehead atoms. The molecule has 6 heteroatoms. The third kappa shape index (κ3) is 4.82. The predicted octanol–water partition coefficient (Wildman–Crippen LogP) is 3.98. The average Bonchev–Trinajstić information content (AvgIpc) is 3.38. The van der Waals surface area contributed by atoms with E-state index < -0.39 is 0 Å². The van der Waals surface area contributed by atoms with Crippen molar-refractivity contribution in [2.45, 2.75) is 51.7 Å². The van der Waals surface area contributed by atoms with Gasteiger partial charge in [-0.15, -0.1) is 0 Å². The van der Waals surface area contributed by atoms with Gasteiger partial charge in [0, 0.05) is 43.7 Å². The van der Waals surface area contributed by atoms with E-state index in [1.54, 1.807) is 7.11 Å². The van der Waals surface area contributed by atoms with Gasteiger partial charge in [0.1, 0.15) is 17.2 Å². The van der Waals surface area contributed by atoms with Crippen molar-refractivity contribution < 1.29 is 14.0 Å². The van der Waals surface area contributed by atoms with Crippen LogP contribution in [0.1, 0.15) is 61.2 Å². The molecule has 2 aliphatic rings. The molecule has 0 spiro atoms. The largest absolute Gasteiger partial charge is 0.496 e. The van der Waals surface area contributed by atoms with Crippen molar-refractivity contribution in [2.75, 3.05) is 40.0 Å². The molecule has 1 aromatic heterocycles. The average molecular weight is 400 g/mol. The van der Waals surface area contributed by atoms with E-state index in [2.05, 4.69) is 53.1 Å². The Kier molecular flexibility index (Phi) is 6.53. The molecule has 1 aromatic carbocycles. The minimum absolute atomic E-state index is 0.344. The first-order chi connectivity index (χ1) is 14.1. The first-order valence-electron chi connectivity index (χ1n) is 10.8. The molecule has 0 saturated carbocycles. The van der Waals surface area contributed by atoms with Crippen LogP contribution in [0.4, 0.5) is 0 Å². The number of hydrogen-bond acceptors (Lipinski definition) is 6. The molecular formula is C23H33N3O3. The number of morpholine rings is 1. The van der Waals surface area contributed by atoms with Gasteiger partial charge in [-0.1, -0.05) is 25.1 Å². The van der Waals surface area contributed by atoms with Gasteiger partial charge in [0.25, 0.3) is 0 Å². The summed E-state index contributed by atoms with van der Waals surface area (Å²) in [5.41, 5.74) is 3.66. The van der Waals surface area contributed by atoms with E-state index in [1.807, 2.05) is 0 Å². The summed E-state index contributed by atoms with van der Waals surface area (Å²) in [4.78, 5) is 4.97. The molecule has 0 radical (unpaired) electrons. The van der Waals surface area contributed by atoms with Crippen LogP contribution in [0.2, 0.25) is 0 Å². The highest BCUT2D eigenvalue weighted by Crippen LogP contribution is 2.34. The Morgan fingerprint density at radius 2 is 1.97 bits per heavy atom. The normalized spacial score (nSPS) is 21.2. The zero-order valence-corrected chi connectivity index (χ0v) is 17.9. The van der Waals surface area contributed by atoms with Crippen LogP contribution in [0.3, 0.4) is 0 Å². The molecule has 6 nitrogen and oxygen atoms in total. The Balaban J connectivity index is 1.48. The second-order valence-corrected chi connectivity index (χ2v) is 8.47. The number of ether oxygens (including phenoxy) is 2. The van der Waals surface area contributed by atoms with Crippen LogP contribution in [0.15, 0.2) is 28.8 Å². The lowest BCUT2D eigenvalue weighted by Gasteiger charge is -2.28. The van der Waals surface area contributed by atoms with Gasteiger partial charge in [-0.2, -0.15) is 0 Å². The van der Waals surface area contributed by atoms with Gasteiger partial charge in [-0.3, -0.25) is 9.80 Å². The maximum atomic E-state index is 5.63. The zero-order valence-electron chi connectivity index (χ0n) is 17.9. The van der Waals surface area contributed by atoms with E-state index in [1.165, 1.54) is 17.5 Å². The summed E-state index contributed by atoms with van der Waals surface area (Å²) in [5.74, 6) is 2.32. The van der Waals surface area contributed by atoms with E-state index >= 15 is 0 Å². The molecule has 29 heavy (non-hydrogen) atoms. The molecule has 2 aliphatic heterocycles. The standard InChI is InChI=1S/C23H33N3O3/c1-17(2)23-14-20(24-29-23)21-5-4-8-26(21)15-18-6-7-22(27-3)19(13-18)16-25-9-11-28-12-10-25/h6-7,13-14,17,21H,4-5,8-12,15-16H2,1-3H3. The Hall–Kier alpha value is -1.89. The van der Waals surface area contributed by atoms with Crippen LogP contribution in [-0.4, -0.2) is 54.9 Å². The molecule has 2 aromatic rings. The highest BCUT2D eigenvalue weighted by molar-refractivity contribution is 5.37. The van der Waals surface area contributed by atoms with Gasteiger partial charge in [0.15, 0.2) is 0 Å². The lowest BCUT2D eigenvalue weighted by molar-refractivity contribution is 0.0338. The van der Waals surface area contributed by atoms with Crippen LogP contribution in [-0.2, 0) is 17.8 Å². The number of rotatable bonds is 7. The topological polar surface area (TPSA) is 51.0 Å². The third-order valence-electron chi connectivity index (χ3n) is 6.05. The molecule has 2 fully saturated rings. The Bertz CT molecular complexity index is 798. The van der Waals surface area contributed by atoms with Crippen LogP contribution in [0, 0.1) is 0 Å². The first kappa shape index (κ1) is 20.4.